The molecule has 100 valence electrons. The number of benzene rings is 2. The molecular weight excluding hydrogens is 237 g/mol. The first kappa shape index (κ1) is 13.8. The average molecular weight is 257 g/mol. The standard InChI is InChI=1S/C17H20FN/c1-4-19-11-14-7-6-13(3)15(10-14)16-9-12(2)5-8-17(16)18/h5-10,19H,4,11H2,1-3H3. The van der Waals surface area contributed by atoms with Gasteiger partial charge in [-0.25, -0.2) is 4.39 Å². The number of halogens is 1. The summed E-state index contributed by atoms with van der Waals surface area (Å²) in [5.74, 6) is -0.158. The highest BCUT2D eigenvalue weighted by Crippen LogP contribution is 2.28. The predicted octanol–water partition coefficient (Wildman–Crippen LogP) is 4.22. The Morgan fingerprint density at radius 1 is 1.00 bits per heavy atom. The Kier molecular flexibility index (Phi) is 4.33. The Bertz CT molecular complexity index is 575. The maximum Gasteiger partial charge on any atom is 0.131 e. The van der Waals surface area contributed by atoms with Gasteiger partial charge >= 0.3 is 0 Å². The van der Waals surface area contributed by atoms with Gasteiger partial charge in [0.25, 0.3) is 0 Å². The summed E-state index contributed by atoms with van der Waals surface area (Å²) >= 11 is 0. The van der Waals surface area contributed by atoms with Gasteiger partial charge in [-0.15, -0.1) is 0 Å². The van der Waals surface area contributed by atoms with Gasteiger partial charge in [-0.3, -0.25) is 0 Å². The summed E-state index contributed by atoms with van der Waals surface area (Å²) in [4.78, 5) is 0. The third-order valence-corrected chi connectivity index (χ3v) is 3.29. The third kappa shape index (κ3) is 3.21. The molecule has 1 nitrogen and oxygen atoms in total. The summed E-state index contributed by atoms with van der Waals surface area (Å²) in [6.45, 7) is 7.84. The van der Waals surface area contributed by atoms with Crippen molar-refractivity contribution in [2.75, 3.05) is 6.54 Å². The summed E-state index contributed by atoms with van der Waals surface area (Å²) in [5.41, 5.74) is 5.04. The van der Waals surface area contributed by atoms with Crippen molar-refractivity contribution in [1.29, 1.82) is 0 Å². The fraction of sp³-hybridized carbons (Fsp3) is 0.294. The number of nitrogens with one attached hydrogen (secondary N) is 1. The van der Waals surface area contributed by atoms with Crippen molar-refractivity contribution in [3.63, 3.8) is 0 Å². The summed E-state index contributed by atoms with van der Waals surface area (Å²) in [7, 11) is 0. The van der Waals surface area contributed by atoms with Crippen molar-refractivity contribution >= 4 is 0 Å². The summed E-state index contributed by atoms with van der Waals surface area (Å²) in [5, 5.41) is 3.29. The summed E-state index contributed by atoms with van der Waals surface area (Å²) in [6, 6.07) is 11.5. The molecular formula is C17H20FN. The molecule has 2 rings (SSSR count). The molecule has 0 aliphatic carbocycles. The van der Waals surface area contributed by atoms with Crippen LogP contribution >= 0.6 is 0 Å². The molecule has 0 saturated heterocycles. The maximum atomic E-state index is 14.0. The van der Waals surface area contributed by atoms with E-state index in [1.54, 1.807) is 12.1 Å². The van der Waals surface area contributed by atoms with Gasteiger partial charge in [-0.05, 0) is 55.3 Å². The molecule has 0 aliphatic heterocycles. The first-order valence-corrected chi connectivity index (χ1v) is 6.68. The van der Waals surface area contributed by atoms with Gasteiger partial charge in [0.1, 0.15) is 5.82 Å². The van der Waals surface area contributed by atoms with Crippen LogP contribution in [-0.4, -0.2) is 6.54 Å². The van der Waals surface area contributed by atoms with Gasteiger partial charge in [-0.1, -0.05) is 30.7 Å². The SMILES string of the molecule is CCNCc1ccc(C)c(-c2cc(C)ccc2F)c1. The lowest BCUT2D eigenvalue weighted by Crippen LogP contribution is -2.11. The van der Waals surface area contributed by atoms with Crippen molar-refractivity contribution < 1.29 is 4.39 Å². The van der Waals surface area contributed by atoms with Crippen LogP contribution in [0.25, 0.3) is 11.1 Å². The fourth-order valence-electron chi connectivity index (χ4n) is 2.18. The Morgan fingerprint density at radius 3 is 2.53 bits per heavy atom. The Balaban J connectivity index is 2.45. The second kappa shape index (κ2) is 5.98. The first-order chi connectivity index (χ1) is 9.11. The zero-order valence-corrected chi connectivity index (χ0v) is 11.8. The first-order valence-electron chi connectivity index (χ1n) is 6.68. The topological polar surface area (TPSA) is 12.0 Å². The van der Waals surface area contributed by atoms with Crippen LogP contribution in [0.5, 0.6) is 0 Å². The number of rotatable bonds is 4. The molecule has 0 spiro atoms. The number of hydrogen-bond acceptors (Lipinski definition) is 1. The molecule has 0 fully saturated rings. The van der Waals surface area contributed by atoms with E-state index in [2.05, 4.69) is 30.4 Å². The second-order valence-electron chi connectivity index (χ2n) is 4.91. The van der Waals surface area contributed by atoms with Crippen molar-refractivity contribution in [2.45, 2.75) is 27.3 Å². The number of hydrogen-bond donors (Lipinski definition) is 1. The van der Waals surface area contributed by atoms with E-state index in [9.17, 15) is 4.39 Å². The van der Waals surface area contributed by atoms with E-state index in [-0.39, 0.29) is 5.82 Å². The summed E-state index contributed by atoms with van der Waals surface area (Å²) < 4.78 is 14.0. The van der Waals surface area contributed by atoms with Gasteiger partial charge in [0, 0.05) is 12.1 Å². The van der Waals surface area contributed by atoms with Crippen LogP contribution < -0.4 is 5.32 Å². The molecule has 19 heavy (non-hydrogen) atoms. The van der Waals surface area contributed by atoms with Gasteiger partial charge in [-0.2, -0.15) is 0 Å². The van der Waals surface area contributed by atoms with Crippen LogP contribution in [0.4, 0.5) is 4.39 Å². The predicted molar refractivity (Wildman–Crippen MR) is 78.7 cm³/mol. The summed E-state index contributed by atoms with van der Waals surface area (Å²) in [6.07, 6.45) is 0. The molecule has 0 saturated carbocycles. The minimum atomic E-state index is -0.158. The van der Waals surface area contributed by atoms with Crippen molar-refractivity contribution in [3.05, 3.63) is 58.9 Å². The van der Waals surface area contributed by atoms with Crippen molar-refractivity contribution in [1.82, 2.24) is 5.32 Å². The van der Waals surface area contributed by atoms with E-state index in [0.29, 0.717) is 5.56 Å². The minimum absolute atomic E-state index is 0.158. The largest absolute Gasteiger partial charge is 0.313 e. The molecule has 0 amide bonds. The molecule has 0 atom stereocenters. The molecule has 0 bridgehead atoms. The molecule has 2 aromatic rings. The second-order valence-corrected chi connectivity index (χ2v) is 4.91. The molecule has 1 N–H and O–H groups in total. The van der Waals surface area contributed by atoms with E-state index in [4.69, 9.17) is 0 Å². The van der Waals surface area contributed by atoms with Crippen LogP contribution in [0.1, 0.15) is 23.6 Å². The molecule has 0 heterocycles. The van der Waals surface area contributed by atoms with E-state index in [1.165, 1.54) is 5.56 Å². The van der Waals surface area contributed by atoms with E-state index >= 15 is 0 Å². The quantitative estimate of drug-likeness (QED) is 0.864. The van der Waals surface area contributed by atoms with Crippen molar-refractivity contribution in [3.8, 4) is 11.1 Å². The lowest BCUT2D eigenvalue weighted by Gasteiger charge is -2.11. The van der Waals surface area contributed by atoms with Gasteiger partial charge in [0.05, 0.1) is 0 Å². The third-order valence-electron chi connectivity index (χ3n) is 3.29. The van der Waals surface area contributed by atoms with Crippen LogP contribution in [0.3, 0.4) is 0 Å². The van der Waals surface area contributed by atoms with Crippen LogP contribution in [0, 0.1) is 19.7 Å². The Morgan fingerprint density at radius 2 is 1.79 bits per heavy atom. The fourth-order valence-corrected chi connectivity index (χ4v) is 2.18. The highest BCUT2D eigenvalue weighted by atomic mass is 19.1. The highest BCUT2D eigenvalue weighted by molar-refractivity contribution is 5.69. The van der Waals surface area contributed by atoms with Gasteiger partial charge < -0.3 is 5.32 Å². The molecule has 0 aromatic heterocycles. The average Bonchev–Trinajstić information content (AvgIpc) is 2.41. The van der Waals surface area contributed by atoms with Crippen LogP contribution in [-0.2, 0) is 6.54 Å². The maximum absolute atomic E-state index is 14.0. The number of aryl methyl sites for hydroxylation is 2. The van der Waals surface area contributed by atoms with Gasteiger partial charge in [0.2, 0.25) is 0 Å². The minimum Gasteiger partial charge on any atom is -0.313 e. The molecule has 0 unspecified atom stereocenters. The molecule has 0 aliphatic rings. The molecule has 2 heteroatoms. The normalized spacial score (nSPS) is 10.7. The highest BCUT2D eigenvalue weighted by Gasteiger charge is 2.09. The monoisotopic (exact) mass is 257 g/mol. The zero-order chi connectivity index (χ0) is 13.8. The van der Waals surface area contributed by atoms with Crippen LogP contribution in [0.15, 0.2) is 36.4 Å². The Hall–Kier alpha value is -1.67. The lowest BCUT2D eigenvalue weighted by atomic mass is 9.96. The molecule has 0 radical (unpaired) electrons. The van der Waals surface area contributed by atoms with Crippen LogP contribution in [0.2, 0.25) is 0 Å². The zero-order valence-electron chi connectivity index (χ0n) is 11.8. The smallest absolute Gasteiger partial charge is 0.131 e. The lowest BCUT2D eigenvalue weighted by molar-refractivity contribution is 0.630. The van der Waals surface area contributed by atoms with Gasteiger partial charge in [0.15, 0.2) is 0 Å². The van der Waals surface area contributed by atoms with E-state index in [0.717, 1.165) is 29.8 Å². The Labute approximate surface area is 114 Å². The molecule has 2 aromatic carbocycles. The van der Waals surface area contributed by atoms with E-state index < -0.39 is 0 Å². The van der Waals surface area contributed by atoms with E-state index in [1.807, 2.05) is 19.9 Å². The van der Waals surface area contributed by atoms with Crippen molar-refractivity contribution in [2.24, 2.45) is 0 Å².